The van der Waals surface area contributed by atoms with Crippen molar-refractivity contribution in [2.24, 2.45) is 0 Å². The van der Waals surface area contributed by atoms with Crippen LogP contribution in [0.2, 0.25) is 0 Å². The second-order valence-electron chi connectivity index (χ2n) is 5.49. The van der Waals surface area contributed by atoms with Gasteiger partial charge in [0.2, 0.25) is 0 Å². The second-order valence-corrected chi connectivity index (χ2v) is 6.64. The molecule has 0 spiro atoms. The number of hydrogen-bond acceptors (Lipinski definition) is 3. The van der Waals surface area contributed by atoms with E-state index in [1.807, 2.05) is 13.2 Å². The smallest absolute Gasteiger partial charge is 0.0573 e. The van der Waals surface area contributed by atoms with Gasteiger partial charge in [0.15, 0.2) is 0 Å². The van der Waals surface area contributed by atoms with Crippen molar-refractivity contribution in [2.75, 3.05) is 7.05 Å². The Bertz CT molecular complexity index is 542. The molecule has 0 saturated carbocycles. The summed E-state index contributed by atoms with van der Waals surface area (Å²) in [6, 6.07) is 13.4. The predicted octanol–water partition coefficient (Wildman–Crippen LogP) is 5.03. The van der Waals surface area contributed by atoms with Crippen molar-refractivity contribution in [3.8, 4) is 0 Å². The lowest BCUT2D eigenvalue weighted by Gasteiger charge is -2.13. The van der Waals surface area contributed by atoms with Crippen molar-refractivity contribution < 1.29 is 0 Å². The summed E-state index contributed by atoms with van der Waals surface area (Å²) in [5.41, 5.74) is 2.49. The van der Waals surface area contributed by atoms with E-state index in [-0.39, 0.29) is 0 Å². The quantitative estimate of drug-likeness (QED) is 0.810. The molecule has 1 aromatic heterocycles. The Kier molecular flexibility index (Phi) is 5.83. The minimum absolute atomic E-state index is 0.342. The zero-order chi connectivity index (χ0) is 15.2. The van der Waals surface area contributed by atoms with Crippen LogP contribution < -0.4 is 5.32 Å². The molecule has 0 bridgehead atoms. The minimum atomic E-state index is 0.342. The lowest BCUT2D eigenvalue weighted by molar-refractivity contribution is 0.561. The summed E-state index contributed by atoms with van der Waals surface area (Å²) in [5, 5.41) is 3.28. The molecule has 0 radical (unpaired) electrons. The fourth-order valence-electron chi connectivity index (χ4n) is 2.28. The van der Waals surface area contributed by atoms with Crippen LogP contribution in [0.25, 0.3) is 0 Å². The molecule has 0 fully saturated rings. The highest BCUT2D eigenvalue weighted by atomic mass is 32.2. The van der Waals surface area contributed by atoms with Gasteiger partial charge in [0.1, 0.15) is 0 Å². The Labute approximate surface area is 132 Å². The average Bonchev–Trinajstić information content (AvgIpc) is 2.51. The van der Waals surface area contributed by atoms with Crippen molar-refractivity contribution >= 4 is 11.8 Å². The third kappa shape index (κ3) is 4.32. The zero-order valence-electron chi connectivity index (χ0n) is 13.3. The number of hydrogen-bond donors (Lipinski definition) is 1. The third-order valence-corrected chi connectivity index (χ3v) is 4.64. The Morgan fingerprint density at radius 3 is 2.19 bits per heavy atom. The largest absolute Gasteiger partial charge is 0.312 e. The molecular weight excluding hydrogens is 276 g/mol. The molecule has 21 heavy (non-hydrogen) atoms. The topological polar surface area (TPSA) is 24.9 Å². The summed E-state index contributed by atoms with van der Waals surface area (Å²) in [6.45, 7) is 6.61. The van der Waals surface area contributed by atoms with Crippen LogP contribution in [-0.2, 0) is 0 Å². The first-order valence-corrected chi connectivity index (χ1v) is 8.36. The normalized spacial score (nSPS) is 12.6. The standard InChI is InChI=1S/C18H24N2S/c1-5-17(19-4)18-11-10-16(12-20-18)21-15-8-6-14(7-9-15)13(2)3/h6-13,17,19H,5H2,1-4H3. The van der Waals surface area contributed by atoms with Crippen LogP contribution in [0.4, 0.5) is 0 Å². The van der Waals surface area contributed by atoms with Gasteiger partial charge in [-0.15, -0.1) is 0 Å². The summed E-state index contributed by atoms with van der Waals surface area (Å²) in [5.74, 6) is 0.581. The molecule has 1 atom stereocenters. The lowest BCUT2D eigenvalue weighted by Crippen LogP contribution is -2.16. The molecule has 1 aromatic carbocycles. The van der Waals surface area contributed by atoms with Gasteiger partial charge < -0.3 is 5.32 Å². The maximum Gasteiger partial charge on any atom is 0.0573 e. The molecule has 2 rings (SSSR count). The Hall–Kier alpha value is -1.32. The van der Waals surface area contributed by atoms with Gasteiger partial charge in [-0.3, -0.25) is 4.98 Å². The number of pyridine rings is 1. The molecule has 0 aliphatic carbocycles. The summed E-state index contributed by atoms with van der Waals surface area (Å²) < 4.78 is 0. The van der Waals surface area contributed by atoms with Gasteiger partial charge in [0, 0.05) is 22.0 Å². The van der Waals surface area contributed by atoms with Crippen molar-refractivity contribution in [1.29, 1.82) is 0 Å². The zero-order valence-corrected chi connectivity index (χ0v) is 14.1. The van der Waals surface area contributed by atoms with E-state index in [1.165, 1.54) is 15.4 Å². The average molecular weight is 300 g/mol. The lowest BCUT2D eigenvalue weighted by atomic mass is 10.0. The van der Waals surface area contributed by atoms with Crippen LogP contribution in [0, 0.1) is 0 Å². The monoisotopic (exact) mass is 300 g/mol. The van der Waals surface area contributed by atoms with Crippen LogP contribution in [0.1, 0.15) is 50.4 Å². The Balaban J connectivity index is 2.06. The van der Waals surface area contributed by atoms with Gasteiger partial charge in [-0.1, -0.05) is 44.7 Å². The number of rotatable bonds is 6. The molecule has 1 N–H and O–H groups in total. The molecule has 0 aliphatic rings. The molecule has 0 aliphatic heterocycles. The Morgan fingerprint density at radius 1 is 1.05 bits per heavy atom. The van der Waals surface area contributed by atoms with E-state index in [1.54, 1.807) is 11.8 Å². The first-order chi connectivity index (χ1) is 10.1. The van der Waals surface area contributed by atoms with E-state index in [4.69, 9.17) is 0 Å². The van der Waals surface area contributed by atoms with Crippen molar-refractivity contribution in [2.45, 2.75) is 48.9 Å². The number of aromatic nitrogens is 1. The summed E-state index contributed by atoms with van der Waals surface area (Å²) in [6.07, 6.45) is 3.02. The molecule has 2 nitrogen and oxygen atoms in total. The highest BCUT2D eigenvalue weighted by Crippen LogP contribution is 2.29. The van der Waals surface area contributed by atoms with Crippen LogP contribution in [-0.4, -0.2) is 12.0 Å². The maximum atomic E-state index is 4.58. The van der Waals surface area contributed by atoms with E-state index < -0.39 is 0 Å². The molecule has 1 heterocycles. The van der Waals surface area contributed by atoms with Crippen LogP contribution in [0.3, 0.4) is 0 Å². The highest BCUT2D eigenvalue weighted by Gasteiger charge is 2.08. The van der Waals surface area contributed by atoms with Crippen LogP contribution in [0.15, 0.2) is 52.4 Å². The van der Waals surface area contributed by atoms with Gasteiger partial charge in [0.05, 0.1) is 5.69 Å². The first kappa shape index (κ1) is 16.1. The van der Waals surface area contributed by atoms with Gasteiger partial charge in [-0.05, 0) is 49.2 Å². The van der Waals surface area contributed by atoms with Crippen molar-refractivity contribution in [3.63, 3.8) is 0 Å². The fourth-order valence-corrected chi connectivity index (χ4v) is 3.06. The van der Waals surface area contributed by atoms with Crippen LogP contribution >= 0.6 is 11.8 Å². The van der Waals surface area contributed by atoms with Gasteiger partial charge in [0.25, 0.3) is 0 Å². The third-order valence-electron chi connectivity index (χ3n) is 3.66. The summed E-state index contributed by atoms with van der Waals surface area (Å²) in [4.78, 5) is 7.02. The summed E-state index contributed by atoms with van der Waals surface area (Å²) in [7, 11) is 1.98. The van der Waals surface area contributed by atoms with Crippen molar-refractivity contribution in [1.82, 2.24) is 10.3 Å². The predicted molar refractivity (Wildman–Crippen MR) is 91.0 cm³/mol. The van der Waals surface area contributed by atoms with E-state index >= 15 is 0 Å². The van der Waals surface area contributed by atoms with Crippen molar-refractivity contribution in [3.05, 3.63) is 53.9 Å². The van der Waals surface area contributed by atoms with Gasteiger partial charge >= 0.3 is 0 Å². The number of nitrogens with zero attached hydrogens (tertiary/aromatic N) is 1. The van der Waals surface area contributed by atoms with E-state index in [2.05, 4.69) is 67.5 Å². The molecule has 2 aromatic rings. The maximum absolute atomic E-state index is 4.58. The van der Waals surface area contributed by atoms with E-state index in [0.29, 0.717) is 12.0 Å². The van der Waals surface area contributed by atoms with Gasteiger partial charge in [-0.2, -0.15) is 0 Å². The highest BCUT2D eigenvalue weighted by molar-refractivity contribution is 7.99. The number of benzene rings is 1. The molecule has 3 heteroatoms. The molecule has 0 amide bonds. The molecular formula is C18H24N2S. The number of nitrogens with one attached hydrogen (secondary N) is 1. The van der Waals surface area contributed by atoms with Crippen LogP contribution in [0.5, 0.6) is 0 Å². The minimum Gasteiger partial charge on any atom is -0.312 e. The first-order valence-electron chi connectivity index (χ1n) is 7.55. The van der Waals surface area contributed by atoms with Gasteiger partial charge in [-0.25, -0.2) is 0 Å². The fraction of sp³-hybridized carbons (Fsp3) is 0.389. The molecule has 112 valence electrons. The SMILES string of the molecule is CCC(NC)c1ccc(Sc2ccc(C(C)C)cc2)cn1. The van der Waals surface area contributed by atoms with E-state index in [9.17, 15) is 0 Å². The molecule has 1 unspecified atom stereocenters. The van der Waals surface area contributed by atoms with E-state index in [0.717, 1.165) is 12.1 Å². The summed E-state index contributed by atoms with van der Waals surface area (Å²) >= 11 is 1.76. The second kappa shape index (κ2) is 7.62. The Morgan fingerprint density at radius 2 is 1.71 bits per heavy atom. The molecule has 0 saturated heterocycles.